The van der Waals surface area contributed by atoms with Crippen molar-refractivity contribution in [2.24, 2.45) is 0 Å². The fraction of sp³-hybridized carbons (Fsp3) is 0. The molecule has 0 atom stereocenters. The van der Waals surface area contributed by atoms with Crippen molar-refractivity contribution < 1.29 is 157 Å². The standard InChI is InChI=1S/K.Li.Na.2H4O4Si.HO4Si/c;;;3*1-5(2,3)4/h;;;2*1-4H;1H/q3*+1;;;-3. The Morgan fingerprint density at radius 1 is 0.556 bits per heavy atom. The summed E-state index contributed by atoms with van der Waals surface area (Å²) in [6, 6.07) is 0. The molecule has 0 aromatic carbocycles. The first-order valence-electron chi connectivity index (χ1n) is 2.62. The van der Waals surface area contributed by atoms with E-state index in [1.165, 1.54) is 0 Å². The summed E-state index contributed by atoms with van der Waals surface area (Å²) in [6.07, 6.45) is 0. The quantitative estimate of drug-likeness (QED) is 0.184. The summed E-state index contributed by atoms with van der Waals surface area (Å²) in [5.41, 5.74) is 0. The van der Waals surface area contributed by atoms with Gasteiger partial charge in [0, 0.05) is 0 Å². The zero-order valence-electron chi connectivity index (χ0n) is 9.75. The van der Waals surface area contributed by atoms with Crippen molar-refractivity contribution in [2.75, 3.05) is 0 Å². The Morgan fingerprint density at radius 2 is 0.556 bits per heavy atom. The molecule has 0 fully saturated rings. The molecule has 18 heavy (non-hydrogen) atoms. The van der Waals surface area contributed by atoms with Gasteiger partial charge in [0.2, 0.25) is 0 Å². The van der Waals surface area contributed by atoms with Crippen LogP contribution in [0.4, 0.5) is 0 Å². The van der Waals surface area contributed by atoms with Crippen molar-refractivity contribution >= 4 is 27.1 Å². The molecule has 0 heterocycles. The van der Waals surface area contributed by atoms with E-state index < -0.39 is 27.1 Å². The van der Waals surface area contributed by atoms with Crippen molar-refractivity contribution in [2.45, 2.75) is 0 Å². The summed E-state index contributed by atoms with van der Waals surface area (Å²) < 4.78 is 0. The molecule has 0 spiro atoms. The zero-order valence-corrected chi connectivity index (χ0v) is 17.9. The predicted octanol–water partition coefficient (Wildman–Crippen LogP) is -18.7. The Kier molecular flexibility index (Phi) is 35.0. The van der Waals surface area contributed by atoms with E-state index in [9.17, 15) is 0 Å². The smallest absolute Gasteiger partial charge is 0.861 e. The minimum absolute atomic E-state index is 0. The van der Waals surface area contributed by atoms with Crippen molar-refractivity contribution in [1.29, 1.82) is 0 Å². The van der Waals surface area contributed by atoms with Gasteiger partial charge in [-0.05, 0) is 0 Å². The second kappa shape index (κ2) is 16.8. The van der Waals surface area contributed by atoms with E-state index in [2.05, 4.69) is 0 Å². The molecule has 0 aliphatic carbocycles. The van der Waals surface area contributed by atoms with Gasteiger partial charge in [-0.1, -0.05) is 0 Å². The third kappa shape index (κ3) is 567. The van der Waals surface area contributed by atoms with Crippen molar-refractivity contribution in [3.05, 3.63) is 0 Å². The summed E-state index contributed by atoms with van der Waals surface area (Å²) in [4.78, 5) is 91.7. The first-order valence-corrected chi connectivity index (χ1v) is 7.87. The van der Waals surface area contributed by atoms with Crippen LogP contribution in [-0.2, 0) is 0 Å². The number of hydrogen-bond donors (Lipinski definition) is 9. The molecular weight excluding hydrogens is 345 g/mol. The van der Waals surface area contributed by atoms with Crippen LogP contribution in [0.2, 0.25) is 0 Å². The van der Waals surface area contributed by atoms with Crippen LogP contribution in [0.15, 0.2) is 0 Å². The number of rotatable bonds is 0. The molecule has 0 saturated heterocycles. The summed E-state index contributed by atoms with van der Waals surface area (Å²) in [6.45, 7) is 0. The average molecular weight is 354 g/mol. The van der Waals surface area contributed by atoms with Crippen molar-refractivity contribution in [1.82, 2.24) is 0 Å². The molecule has 0 aromatic rings. The van der Waals surface area contributed by atoms with E-state index in [1.807, 2.05) is 0 Å². The van der Waals surface area contributed by atoms with Gasteiger partial charge in [0.05, 0.1) is 0 Å². The summed E-state index contributed by atoms with van der Waals surface area (Å²) in [5, 5.41) is 0. The van der Waals surface area contributed by atoms with Crippen LogP contribution in [0.25, 0.3) is 0 Å². The van der Waals surface area contributed by atoms with Crippen LogP contribution in [0.1, 0.15) is 0 Å². The maximum absolute atomic E-state index is 8.69. The molecule has 18 heteroatoms. The van der Waals surface area contributed by atoms with Gasteiger partial charge in [0.25, 0.3) is 0 Å². The van der Waals surface area contributed by atoms with Crippen molar-refractivity contribution in [3.63, 3.8) is 0 Å². The monoisotopic (exact) mass is 354 g/mol. The molecular formula is H9KLiNaO12Si3. The topological polar surface area (TPSA) is 251 Å². The predicted molar refractivity (Wildman–Crippen MR) is 37.2 cm³/mol. The van der Waals surface area contributed by atoms with Crippen LogP contribution < -0.4 is 114 Å². The molecule has 0 amide bonds. The molecule has 0 aliphatic heterocycles. The fourth-order valence-electron chi connectivity index (χ4n) is 0. The van der Waals surface area contributed by atoms with E-state index in [0.717, 1.165) is 0 Å². The molecule has 0 rings (SSSR count). The van der Waals surface area contributed by atoms with Crippen LogP contribution in [-0.4, -0.2) is 70.3 Å². The minimum atomic E-state index is -5.36. The number of hydrogen-bond acceptors (Lipinski definition) is 12. The second-order valence-corrected chi connectivity index (χ2v) is 5.17. The molecule has 0 bridgehead atoms. The summed E-state index contributed by atoms with van der Waals surface area (Å²) in [7, 11) is -14.6. The molecule has 96 valence electrons. The largest absolute Gasteiger partial charge is 1.00 e. The van der Waals surface area contributed by atoms with E-state index in [0.29, 0.717) is 0 Å². The average Bonchev–Trinajstić information content (AvgIpc) is 1.41. The maximum atomic E-state index is 8.69. The zero-order chi connectivity index (χ0) is 13.5. The van der Waals surface area contributed by atoms with Crippen LogP contribution in [0, 0.1) is 0 Å². The second-order valence-electron chi connectivity index (χ2n) is 1.72. The third-order valence-corrected chi connectivity index (χ3v) is 0. The first kappa shape index (κ1) is 37.6. The third-order valence-electron chi connectivity index (χ3n) is 0. The summed E-state index contributed by atoms with van der Waals surface area (Å²) >= 11 is 0. The van der Waals surface area contributed by atoms with E-state index in [-0.39, 0.29) is 99.8 Å². The van der Waals surface area contributed by atoms with Gasteiger partial charge in [0.1, 0.15) is 0 Å². The normalized spacial score (nSPS) is 10.0. The van der Waals surface area contributed by atoms with E-state index >= 15 is 0 Å². The SMILES string of the molecule is O[Si](O)(O)O.O[Si](O)(O)O.[K+].[Li+].[Na+].[O-][Si]([O-])([O-])O. The Labute approximate surface area is 181 Å². The van der Waals surface area contributed by atoms with Gasteiger partial charge in [-0.2, -0.15) is 0 Å². The molecule has 0 radical (unpaired) electrons. The first-order chi connectivity index (χ1) is 6.00. The van der Waals surface area contributed by atoms with Gasteiger partial charge in [-0.25, -0.2) is 0 Å². The summed E-state index contributed by atoms with van der Waals surface area (Å²) in [5.74, 6) is 0. The molecule has 12 nitrogen and oxygen atoms in total. The Bertz CT molecular complexity index is 102. The van der Waals surface area contributed by atoms with Gasteiger partial charge in [-0.3, -0.25) is 0 Å². The molecule has 9 N–H and O–H groups in total. The van der Waals surface area contributed by atoms with E-state index in [4.69, 9.17) is 57.5 Å². The van der Waals surface area contributed by atoms with Gasteiger partial charge in [0.15, 0.2) is 0 Å². The Balaban J connectivity index is -0.0000000277. The molecule has 0 aliphatic rings. The Morgan fingerprint density at radius 3 is 0.556 bits per heavy atom. The molecule has 0 saturated carbocycles. The fourth-order valence-corrected chi connectivity index (χ4v) is 0. The van der Waals surface area contributed by atoms with E-state index in [1.54, 1.807) is 0 Å². The van der Waals surface area contributed by atoms with Crippen LogP contribution >= 0.6 is 0 Å². The van der Waals surface area contributed by atoms with Gasteiger partial charge < -0.3 is 57.5 Å². The van der Waals surface area contributed by atoms with Crippen LogP contribution in [0.3, 0.4) is 0 Å². The van der Waals surface area contributed by atoms with Gasteiger partial charge >= 0.3 is 118 Å². The molecule has 0 unspecified atom stereocenters. The van der Waals surface area contributed by atoms with Crippen LogP contribution in [0.5, 0.6) is 0 Å². The Hall–Kier alpha value is 3.40. The minimum Gasteiger partial charge on any atom is -0.861 e. The molecule has 0 aromatic heterocycles. The maximum Gasteiger partial charge on any atom is 1.00 e. The van der Waals surface area contributed by atoms with Crippen molar-refractivity contribution in [3.8, 4) is 0 Å². The van der Waals surface area contributed by atoms with Gasteiger partial charge in [-0.15, -0.1) is 9.05 Å².